The molecular weight excluding hydrogens is 244 g/mol. The minimum atomic E-state index is -0.443. The number of nitrogens with zero attached hydrogens (tertiary/aromatic N) is 1. The van der Waals surface area contributed by atoms with Crippen LogP contribution in [0.1, 0.15) is 18.5 Å². The van der Waals surface area contributed by atoms with E-state index in [1.54, 1.807) is 12.1 Å². The third-order valence-electron chi connectivity index (χ3n) is 2.69. The number of hydrogen-bond donors (Lipinski definition) is 1. The molecule has 0 aromatic heterocycles. The van der Waals surface area contributed by atoms with Crippen LogP contribution >= 0.6 is 0 Å². The van der Waals surface area contributed by atoms with Crippen LogP contribution in [0.5, 0.6) is 11.5 Å². The van der Waals surface area contributed by atoms with Crippen molar-refractivity contribution in [1.29, 1.82) is 0 Å². The molecule has 5 nitrogen and oxygen atoms in total. The van der Waals surface area contributed by atoms with Gasteiger partial charge in [0.15, 0.2) is 0 Å². The lowest BCUT2D eigenvalue weighted by atomic mass is 10.1. The Hall–Kier alpha value is -2.40. The zero-order valence-electron chi connectivity index (χ0n) is 10.4. The first-order valence-corrected chi connectivity index (χ1v) is 5.84. The van der Waals surface area contributed by atoms with E-state index in [9.17, 15) is 10.1 Å². The fourth-order valence-electron chi connectivity index (χ4n) is 1.61. The molecule has 0 saturated carbocycles. The lowest BCUT2D eigenvalue weighted by Gasteiger charge is -2.08. The summed E-state index contributed by atoms with van der Waals surface area (Å²) < 4.78 is 5.58. The number of benzene rings is 2. The summed E-state index contributed by atoms with van der Waals surface area (Å²) in [4.78, 5) is 10.1. The van der Waals surface area contributed by atoms with E-state index in [1.807, 2.05) is 31.2 Å². The maximum absolute atomic E-state index is 10.5. The molecule has 0 bridgehead atoms. The third-order valence-corrected chi connectivity index (χ3v) is 2.69. The molecule has 1 atom stereocenters. The van der Waals surface area contributed by atoms with Crippen molar-refractivity contribution in [2.75, 3.05) is 0 Å². The molecule has 0 heterocycles. The summed E-state index contributed by atoms with van der Waals surface area (Å²) in [7, 11) is 0. The number of nitrogens with two attached hydrogens (primary N) is 1. The highest BCUT2D eigenvalue weighted by atomic mass is 16.6. The first-order chi connectivity index (χ1) is 9.06. The molecule has 0 spiro atoms. The Labute approximate surface area is 110 Å². The van der Waals surface area contributed by atoms with E-state index in [0.717, 1.165) is 5.56 Å². The van der Waals surface area contributed by atoms with Crippen molar-refractivity contribution in [3.05, 3.63) is 64.2 Å². The minimum absolute atomic E-state index is 0.0200. The molecule has 0 saturated heterocycles. The van der Waals surface area contributed by atoms with Crippen molar-refractivity contribution in [3.63, 3.8) is 0 Å². The summed E-state index contributed by atoms with van der Waals surface area (Å²) in [5.74, 6) is 1.22. The molecule has 98 valence electrons. The van der Waals surface area contributed by atoms with Gasteiger partial charge in [0.2, 0.25) is 0 Å². The topological polar surface area (TPSA) is 78.4 Å². The summed E-state index contributed by atoms with van der Waals surface area (Å²) >= 11 is 0. The van der Waals surface area contributed by atoms with Gasteiger partial charge in [0.1, 0.15) is 11.5 Å². The van der Waals surface area contributed by atoms with Gasteiger partial charge in [-0.1, -0.05) is 12.1 Å². The molecule has 5 heteroatoms. The Balaban J connectivity index is 2.10. The van der Waals surface area contributed by atoms with E-state index in [-0.39, 0.29) is 11.7 Å². The van der Waals surface area contributed by atoms with Crippen LogP contribution < -0.4 is 10.5 Å². The van der Waals surface area contributed by atoms with Gasteiger partial charge in [-0.05, 0) is 36.8 Å². The zero-order valence-corrected chi connectivity index (χ0v) is 10.4. The van der Waals surface area contributed by atoms with Gasteiger partial charge in [0.25, 0.3) is 5.69 Å². The van der Waals surface area contributed by atoms with Gasteiger partial charge in [-0.2, -0.15) is 0 Å². The summed E-state index contributed by atoms with van der Waals surface area (Å²) in [6, 6.07) is 13.4. The molecule has 2 aromatic rings. The maximum atomic E-state index is 10.5. The second-order valence-electron chi connectivity index (χ2n) is 4.21. The van der Waals surface area contributed by atoms with E-state index < -0.39 is 4.92 Å². The lowest BCUT2D eigenvalue weighted by Crippen LogP contribution is -2.04. The van der Waals surface area contributed by atoms with Crippen molar-refractivity contribution in [3.8, 4) is 11.5 Å². The van der Waals surface area contributed by atoms with E-state index in [2.05, 4.69) is 0 Å². The third kappa shape index (κ3) is 3.29. The van der Waals surface area contributed by atoms with E-state index in [4.69, 9.17) is 10.5 Å². The van der Waals surface area contributed by atoms with E-state index in [0.29, 0.717) is 11.5 Å². The Bertz CT molecular complexity index is 562. The fourth-order valence-corrected chi connectivity index (χ4v) is 1.61. The van der Waals surface area contributed by atoms with Crippen LogP contribution in [0, 0.1) is 10.1 Å². The molecule has 0 aliphatic rings. The summed E-state index contributed by atoms with van der Waals surface area (Å²) in [5.41, 5.74) is 6.82. The van der Waals surface area contributed by atoms with Crippen LogP contribution in [0.4, 0.5) is 5.69 Å². The number of non-ortho nitro benzene ring substituents is 1. The minimum Gasteiger partial charge on any atom is -0.457 e. The largest absolute Gasteiger partial charge is 0.457 e. The predicted molar refractivity (Wildman–Crippen MR) is 72.2 cm³/mol. The van der Waals surface area contributed by atoms with Gasteiger partial charge in [-0.15, -0.1) is 0 Å². The SMILES string of the molecule is C[C@H](N)c1ccc(Oc2ccc([N+](=O)[O-])cc2)cc1. The highest BCUT2D eigenvalue weighted by Crippen LogP contribution is 2.24. The summed E-state index contributed by atoms with van der Waals surface area (Å²) in [6.45, 7) is 1.91. The zero-order chi connectivity index (χ0) is 13.8. The van der Waals surface area contributed by atoms with Crippen LogP contribution in [0.2, 0.25) is 0 Å². The molecule has 0 radical (unpaired) electrons. The summed E-state index contributed by atoms with van der Waals surface area (Å²) in [5, 5.41) is 10.5. The molecule has 0 unspecified atom stereocenters. The second-order valence-corrected chi connectivity index (χ2v) is 4.21. The van der Waals surface area contributed by atoms with Crippen molar-refractivity contribution >= 4 is 5.69 Å². The molecule has 19 heavy (non-hydrogen) atoms. The molecule has 2 rings (SSSR count). The smallest absolute Gasteiger partial charge is 0.269 e. The second kappa shape index (κ2) is 5.49. The molecule has 0 aliphatic heterocycles. The molecule has 0 fully saturated rings. The van der Waals surface area contributed by atoms with Crippen molar-refractivity contribution in [1.82, 2.24) is 0 Å². The molecule has 2 aromatic carbocycles. The van der Waals surface area contributed by atoms with E-state index in [1.165, 1.54) is 12.1 Å². The normalized spacial score (nSPS) is 11.9. The average Bonchev–Trinajstić information content (AvgIpc) is 2.40. The average molecular weight is 258 g/mol. The number of rotatable bonds is 4. The maximum Gasteiger partial charge on any atom is 0.269 e. The number of nitro benzene ring substituents is 1. The summed E-state index contributed by atoms with van der Waals surface area (Å²) in [6.07, 6.45) is 0. The van der Waals surface area contributed by atoms with Crippen molar-refractivity contribution in [2.45, 2.75) is 13.0 Å². The molecule has 0 amide bonds. The number of hydrogen-bond acceptors (Lipinski definition) is 4. The molecule has 0 aliphatic carbocycles. The van der Waals surface area contributed by atoms with Gasteiger partial charge in [0, 0.05) is 18.2 Å². The lowest BCUT2D eigenvalue weighted by molar-refractivity contribution is -0.384. The standard InChI is InChI=1S/C14H14N2O3/c1-10(15)11-2-6-13(7-3-11)19-14-8-4-12(5-9-14)16(17)18/h2-10H,15H2,1H3/t10-/m0/s1. The Morgan fingerprint density at radius 1 is 1.05 bits per heavy atom. The number of ether oxygens (including phenoxy) is 1. The van der Waals surface area contributed by atoms with Gasteiger partial charge in [0.05, 0.1) is 4.92 Å². The Morgan fingerprint density at radius 3 is 1.95 bits per heavy atom. The van der Waals surface area contributed by atoms with Gasteiger partial charge in [-0.3, -0.25) is 10.1 Å². The van der Waals surface area contributed by atoms with Gasteiger partial charge >= 0.3 is 0 Å². The Kier molecular flexibility index (Phi) is 3.77. The van der Waals surface area contributed by atoms with Gasteiger partial charge < -0.3 is 10.5 Å². The Morgan fingerprint density at radius 2 is 1.53 bits per heavy atom. The van der Waals surface area contributed by atoms with Crippen LogP contribution in [0.3, 0.4) is 0 Å². The first kappa shape index (κ1) is 13.0. The first-order valence-electron chi connectivity index (χ1n) is 5.84. The van der Waals surface area contributed by atoms with Crippen LogP contribution in [0.15, 0.2) is 48.5 Å². The highest BCUT2D eigenvalue weighted by molar-refractivity contribution is 5.39. The fraction of sp³-hybridized carbons (Fsp3) is 0.143. The van der Waals surface area contributed by atoms with E-state index >= 15 is 0 Å². The van der Waals surface area contributed by atoms with Crippen molar-refractivity contribution < 1.29 is 9.66 Å². The number of nitro groups is 1. The molecule has 2 N–H and O–H groups in total. The monoisotopic (exact) mass is 258 g/mol. The molecular formula is C14H14N2O3. The van der Waals surface area contributed by atoms with Gasteiger partial charge in [-0.25, -0.2) is 0 Å². The predicted octanol–water partition coefficient (Wildman–Crippen LogP) is 3.41. The highest BCUT2D eigenvalue weighted by Gasteiger charge is 2.05. The van der Waals surface area contributed by atoms with Crippen LogP contribution in [-0.2, 0) is 0 Å². The quantitative estimate of drug-likeness (QED) is 0.673. The van der Waals surface area contributed by atoms with Crippen LogP contribution in [0.25, 0.3) is 0 Å². The van der Waals surface area contributed by atoms with Crippen molar-refractivity contribution in [2.24, 2.45) is 5.73 Å². The van der Waals surface area contributed by atoms with Crippen LogP contribution in [-0.4, -0.2) is 4.92 Å².